The summed E-state index contributed by atoms with van der Waals surface area (Å²) in [6, 6.07) is 17.6. The average molecular weight is 503 g/mol. The minimum Gasteiger partial charge on any atom is -0.497 e. The minimum absolute atomic E-state index is 0.0363. The van der Waals surface area contributed by atoms with Crippen molar-refractivity contribution < 1.29 is 23.4 Å². The number of aromatic nitrogens is 1. The van der Waals surface area contributed by atoms with Crippen molar-refractivity contribution in [2.24, 2.45) is 0 Å². The lowest BCUT2D eigenvalue weighted by Gasteiger charge is -2.36. The van der Waals surface area contributed by atoms with Gasteiger partial charge in [0.15, 0.2) is 11.5 Å². The molecule has 0 saturated heterocycles. The highest BCUT2D eigenvalue weighted by atomic mass is 19.1. The largest absolute Gasteiger partial charge is 0.497 e. The summed E-state index contributed by atoms with van der Waals surface area (Å²) >= 11 is 0. The minimum atomic E-state index is -0.374. The number of carbonyl (C=O) groups is 1. The van der Waals surface area contributed by atoms with Crippen LogP contribution in [0, 0.1) is 5.82 Å². The number of halogens is 1. The predicted molar refractivity (Wildman–Crippen MR) is 141 cm³/mol. The van der Waals surface area contributed by atoms with E-state index in [0.29, 0.717) is 37.7 Å². The van der Waals surface area contributed by atoms with E-state index in [1.807, 2.05) is 55.1 Å². The highest BCUT2D eigenvalue weighted by Gasteiger charge is 2.35. The number of carbonyl (C=O) groups excluding carboxylic acids is 1. The molecule has 1 amide bonds. The third kappa shape index (κ3) is 4.73. The van der Waals surface area contributed by atoms with Crippen LogP contribution in [0.4, 0.5) is 4.39 Å². The Morgan fingerprint density at radius 1 is 1.05 bits per heavy atom. The van der Waals surface area contributed by atoms with E-state index in [-0.39, 0.29) is 24.2 Å². The van der Waals surface area contributed by atoms with E-state index < -0.39 is 0 Å². The summed E-state index contributed by atoms with van der Waals surface area (Å²) in [5.74, 6) is 1.67. The topological polar surface area (TPSA) is 63.8 Å². The quantitative estimate of drug-likeness (QED) is 0.329. The lowest BCUT2D eigenvalue weighted by Crippen LogP contribution is -2.41. The number of H-pyrrole nitrogens is 1. The number of benzene rings is 3. The fraction of sp³-hybridized carbons (Fsp3) is 0.300. The number of fused-ring (bicyclic) bond motifs is 3. The summed E-state index contributed by atoms with van der Waals surface area (Å²) in [6.45, 7) is 5.34. The van der Waals surface area contributed by atoms with Gasteiger partial charge in [0.2, 0.25) is 5.91 Å². The second-order valence-electron chi connectivity index (χ2n) is 9.01. The van der Waals surface area contributed by atoms with Crippen molar-refractivity contribution in [2.45, 2.75) is 32.7 Å². The molecule has 1 aromatic heterocycles. The Bertz CT molecular complexity index is 1410. The molecule has 1 atom stereocenters. The summed E-state index contributed by atoms with van der Waals surface area (Å²) in [5.41, 5.74) is 4.71. The molecule has 192 valence electrons. The molecule has 2 heterocycles. The molecular formula is C30H31FN2O4. The summed E-state index contributed by atoms with van der Waals surface area (Å²) in [5, 5.41) is 1.08. The van der Waals surface area contributed by atoms with Crippen molar-refractivity contribution >= 4 is 16.8 Å². The van der Waals surface area contributed by atoms with Crippen LogP contribution in [0.5, 0.6) is 17.2 Å². The van der Waals surface area contributed by atoms with Crippen molar-refractivity contribution in [2.75, 3.05) is 26.9 Å². The van der Waals surface area contributed by atoms with Gasteiger partial charge >= 0.3 is 0 Å². The monoisotopic (exact) mass is 502 g/mol. The molecule has 1 N–H and O–H groups in total. The first kappa shape index (κ1) is 24.7. The number of nitrogens with zero attached hydrogens (tertiary/aromatic N) is 1. The zero-order valence-electron chi connectivity index (χ0n) is 21.3. The SMILES string of the molecule is CCOc1cccc(CC(=O)N2CCc3c([nH]c4ccc(OC)cc34)[C@H]2c2ccc(F)cc2)c1OCC. The number of amides is 1. The Balaban J connectivity index is 1.55. The van der Waals surface area contributed by atoms with Gasteiger partial charge in [-0.25, -0.2) is 4.39 Å². The Kier molecular flexibility index (Phi) is 7.04. The second-order valence-corrected chi connectivity index (χ2v) is 9.01. The zero-order valence-corrected chi connectivity index (χ0v) is 21.3. The molecule has 5 rings (SSSR count). The number of ether oxygens (including phenoxy) is 3. The van der Waals surface area contributed by atoms with E-state index in [9.17, 15) is 9.18 Å². The van der Waals surface area contributed by atoms with E-state index >= 15 is 0 Å². The molecule has 0 saturated carbocycles. The predicted octanol–water partition coefficient (Wildman–Crippen LogP) is 5.83. The lowest BCUT2D eigenvalue weighted by atomic mass is 9.91. The number of para-hydroxylation sites is 1. The van der Waals surface area contributed by atoms with Crippen LogP contribution in [0.2, 0.25) is 0 Å². The standard InChI is InChI=1S/C30H31FN2O4/c1-4-36-26-8-6-7-20(30(26)37-5-2)17-27(34)33-16-15-23-24-18-22(35-3)13-14-25(24)32-28(23)29(33)19-9-11-21(31)12-10-19/h6-14,18,29,32H,4-5,15-17H2,1-3H3/t29-/m1/s1. The molecule has 4 aromatic rings. The van der Waals surface area contributed by atoms with Crippen LogP contribution in [0.3, 0.4) is 0 Å². The first-order valence-corrected chi connectivity index (χ1v) is 12.6. The molecule has 1 aliphatic rings. The highest BCUT2D eigenvalue weighted by molar-refractivity contribution is 5.88. The van der Waals surface area contributed by atoms with Crippen molar-refractivity contribution in [3.8, 4) is 17.2 Å². The van der Waals surface area contributed by atoms with E-state index in [1.54, 1.807) is 19.2 Å². The molecular weight excluding hydrogens is 471 g/mol. The molecule has 37 heavy (non-hydrogen) atoms. The zero-order chi connectivity index (χ0) is 25.9. The third-order valence-electron chi connectivity index (χ3n) is 6.83. The number of rotatable bonds is 8. The smallest absolute Gasteiger partial charge is 0.227 e. The first-order valence-electron chi connectivity index (χ1n) is 12.6. The van der Waals surface area contributed by atoms with E-state index in [2.05, 4.69) is 4.98 Å². The van der Waals surface area contributed by atoms with Crippen LogP contribution >= 0.6 is 0 Å². The van der Waals surface area contributed by atoms with Crippen molar-refractivity contribution in [1.29, 1.82) is 0 Å². The molecule has 0 unspecified atom stereocenters. The molecule has 1 aliphatic heterocycles. The molecule has 0 bridgehead atoms. The van der Waals surface area contributed by atoms with E-state index in [1.165, 1.54) is 12.1 Å². The summed E-state index contributed by atoms with van der Waals surface area (Å²) in [6.07, 6.45) is 0.862. The van der Waals surface area contributed by atoms with Gasteiger partial charge in [0.05, 0.1) is 32.8 Å². The lowest BCUT2D eigenvalue weighted by molar-refractivity contribution is -0.132. The molecule has 0 radical (unpaired) electrons. The number of methoxy groups -OCH3 is 1. The summed E-state index contributed by atoms with van der Waals surface area (Å²) in [4.78, 5) is 19.3. The number of hydrogen-bond acceptors (Lipinski definition) is 4. The molecule has 6 nitrogen and oxygen atoms in total. The summed E-state index contributed by atoms with van der Waals surface area (Å²) in [7, 11) is 1.65. The second kappa shape index (κ2) is 10.5. The maximum absolute atomic E-state index is 13.9. The average Bonchev–Trinajstić information content (AvgIpc) is 3.28. The van der Waals surface area contributed by atoms with Crippen LogP contribution in [-0.4, -0.2) is 42.7 Å². The third-order valence-corrected chi connectivity index (χ3v) is 6.83. The van der Waals surface area contributed by atoms with Crippen LogP contribution in [-0.2, 0) is 17.6 Å². The van der Waals surface area contributed by atoms with Gasteiger partial charge < -0.3 is 24.1 Å². The van der Waals surface area contributed by atoms with Gasteiger partial charge in [-0.3, -0.25) is 4.79 Å². The number of hydrogen-bond donors (Lipinski definition) is 1. The maximum atomic E-state index is 13.9. The fourth-order valence-corrected chi connectivity index (χ4v) is 5.20. The van der Waals surface area contributed by atoms with Crippen molar-refractivity contribution in [3.63, 3.8) is 0 Å². The Labute approximate surface area is 216 Å². The van der Waals surface area contributed by atoms with Gasteiger partial charge in [0.25, 0.3) is 0 Å². The van der Waals surface area contributed by atoms with Gasteiger partial charge in [-0.1, -0.05) is 24.3 Å². The van der Waals surface area contributed by atoms with Crippen molar-refractivity contribution in [3.05, 3.63) is 88.9 Å². The van der Waals surface area contributed by atoms with Crippen molar-refractivity contribution in [1.82, 2.24) is 9.88 Å². The Morgan fingerprint density at radius 2 is 1.84 bits per heavy atom. The molecule has 0 aliphatic carbocycles. The first-order chi connectivity index (χ1) is 18.0. The fourth-order valence-electron chi connectivity index (χ4n) is 5.20. The normalized spacial score (nSPS) is 14.9. The molecule has 0 fully saturated rings. The van der Waals surface area contributed by atoms with Crippen LogP contribution in [0.15, 0.2) is 60.7 Å². The molecule has 0 spiro atoms. The van der Waals surface area contributed by atoms with Crippen LogP contribution < -0.4 is 14.2 Å². The Hall–Kier alpha value is -4.00. The summed E-state index contributed by atoms with van der Waals surface area (Å²) < 4.78 is 30.9. The molecule has 7 heteroatoms. The van der Waals surface area contributed by atoms with Gasteiger partial charge in [-0.05, 0) is 67.8 Å². The Morgan fingerprint density at radius 3 is 2.57 bits per heavy atom. The van der Waals surface area contributed by atoms with Gasteiger partial charge in [0.1, 0.15) is 11.6 Å². The van der Waals surface area contributed by atoms with Gasteiger partial charge in [-0.2, -0.15) is 0 Å². The maximum Gasteiger partial charge on any atom is 0.227 e. The van der Waals surface area contributed by atoms with E-state index in [4.69, 9.17) is 14.2 Å². The highest BCUT2D eigenvalue weighted by Crippen LogP contribution is 2.40. The van der Waals surface area contributed by atoms with Gasteiger partial charge in [0, 0.05) is 28.7 Å². The number of aromatic amines is 1. The number of nitrogens with one attached hydrogen (secondary N) is 1. The molecule has 3 aromatic carbocycles. The van der Waals surface area contributed by atoms with E-state index in [0.717, 1.165) is 39.0 Å². The van der Waals surface area contributed by atoms with Crippen LogP contribution in [0.25, 0.3) is 10.9 Å². The van der Waals surface area contributed by atoms with Crippen LogP contribution in [0.1, 0.15) is 42.3 Å². The van der Waals surface area contributed by atoms with Gasteiger partial charge in [-0.15, -0.1) is 0 Å².